The van der Waals surface area contributed by atoms with Gasteiger partial charge in [-0.2, -0.15) is 0 Å². The van der Waals surface area contributed by atoms with E-state index in [2.05, 4.69) is 36.1 Å². The van der Waals surface area contributed by atoms with E-state index >= 15 is 0 Å². The Hall–Kier alpha value is -0.900. The largest absolute Gasteiger partial charge is 0.377 e. The Morgan fingerprint density at radius 2 is 2.19 bits per heavy atom. The number of rotatable bonds is 5. The van der Waals surface area contributed by atoms with Gasteiger partial charge in [-0.3, -0.25) is 4.90 Å². The molecule has 0 spiro atoms. The zero-order valence-electron chi connectivity index (χ0n) is 13.2. The van der Waals surface area contributed by atoms with E-state index in [4.69, 9.17) is 10.5 Å². The van der Waals surface area contributed by atoms with Crippen LogP contribution >= 0.6 is 0 Å². The van der Waals surface area contributed by atoms with E-state index in [1.54, 1.807) is 0 Å². The molecule has 1 saturated heterocycles. The zero-order valence-corrected chi connectivity index (χ0v) is 13.2. The molecular weight excluding hydrogens is 260 g/mol. The Morgan fingerprint density at radius 1 is 1.33 bits per heavy atom. The smallest absolute Gasteiger partial charge is 0.0703 e. The van der Waals surface area contributed by atoms with E-state index in [0.29, 0.717) is 12.6 Å². The molecule has 21 heavy (non-hydrogen) atoms. The Balaban J connectivity index is 1.91. The highest BCUT2D eigenvalue weighted by molar-refractivity contribution is 5.37. The summed E-state index contributed by atoms with van der Waals surface area (Å²) in [5.41, 5.74) is 9.27. The summed E-state index contributed by atoms with van der Waals surface area (Å²) in [6.07, 6.45) is 6.38. The van der Waals surface area contributed by atoms with Gasteiger partial charge in [-0.1, -0.05) is 31.2 Å². The van der Waals surface area contributed by atoms with Gasteiger partial charge in [-0.05, 0) is 49.8 Å². The monoisotopic (exact) mass is 288 g/mol. The molecule has 3 rings (SSSR count). The predicted octanol–water partition coefficient (Wildman–Crippen LogP) is 2.68. The summed E-state index contributed by atoms with van der Waals surface area (Å²) < 4.78 is 5.87. The Labute approximate surface area is 128 Å². The van der Waals surface area contributed by atoms with Crippen molar-refractivity contribution >= 4 is 0 Å². The van der Waals surface area contributed by atoms with E-state index in [0.717, 1.165) is 19.7 Å². The van der Waals surface area contributed by atoms with Gasteiger partial charge in [0.05, 0.1) is 11.6 Å². The van der Waals surface area contributed by atoms with Crippen LogP contribution < -0.4 is 5.73 Å². The number of hydrogen-bond donors (Lipinski definition) is 1. The van der Waals surface area contributed by atoms with Crippen LogP contribution in [0.3, 0.4) is 0 Å². The third-order valence-electron chi connectivity index (χ3n) is 5.33. The molecule has 0 saturated carbocycles. The van der Waals surface area contributed by atoms with Crippen molar-refractivity contribution < 1.29 is 4.74 Å². The minimum atomic E-state index is 0.00947. The van der Waals surface area contributed by atoms with Crippen LogP contribution in [0.15, 0.2) is 24.3 Å². The predicted molar refractivity (Wildman–Crippen MR) is 86.3 cm³/mol. The van der Waals surface area contributed by atoms with Gasteiger partial charge in [0, 0.05) is 19.7 Å². The maximum absolute atomic E-state index is 6.32. The molecule has 116 valence electrons. The first-order valence-corrected chi connectivity index (χ1v) is 8.45. The summed E-state index contributed by atoms with van der Waals surface area (Å²) in [5, 5.41) is 0. The maximum Gasteiger partial charge on any atom is 0.0703 e. The normalized spacial score (nSPS) is 28.8. The highest BCUT2D eigenvalue weighted by Crippen LogP contribution is 2.40. The molecule has 0 bridgehead atoms. The first-order chi connectivity index (χ1) is 10.3. The zero-order chi connectivity index (χ0) is 14.7. The minimum Gasteiger partial charge on any atom is -0.377 e. The number of benzene rings is 1. The van der Waals surface area contributed by atoms with Crippen molar-refractivity contribution in [2.45, 2.75) is 50.7 Å². The van der Waals surface area contributed by atoms with Gasteiger partial charge < -0.3 is 10.5 Å². The summed E-state index contributed by atoms with van der Waals surface area (Å²) in [6.45, 7) is 5.93. The quantitative estimate of drug-likeness (QED) is 0.905. The number of likely N-dealkylation sites (N-methyl/N-ethyl adjacent to an activating group) is 1. The standard InChI is InChI=1S/C18H28N2O/c1-2-20(13-16-9-6-12-21-16)18(14-19)11-5-8-15-7-3-4-10-17(15)18/h3-4,7,10,16H,2,5-6,8-9,11-14,19H2,1H3. The van der Waals surface area contributed by atoms with Crippen LogP contribution in [-0.2, 0) is 16.7 Å². The maximum atomic E-state index is 6.32. The lowest BCUT2D eigenvalue weighted by Crippen LogP contribution is -2.55. The number of aryl methyl sites for hydroxylation is 1. The number of fused-ring (bicyclic) bond motifs is 1. The number of nitrogens with two attached hydrogens (primary N) is 1. The molecule has 1 aliphatic carbocycles. The molecule has 1 aromatic carbocycles. The lowest BCUT2D eigenvalue weighted by molar-refractivity contribution is 0.0140. The molecule has 3 heteroatoms. The minimum absolute atomic E-state index is 0.00947. The van der Waals surface area contributed by atoms with Crippen LogP contribution in [0.4, 0.5) is 0 Å². The van der Waals surface area contributed by atoms with E-state index in [1.165, 1.54) is 43.2 Å². The highest BCUT2D eigenvalue weighted by Gasteiger charge is 2.40. The second-order valence-corrected chi connectivity index (χ2v) is 6.42. The van der Waals surface area contributed by atoms with Gasteiger partial charge in [0.25, 0.3) is 0 Å². The van der Waals surface area contributed by atoms with Crippen molar-refractivity contribution in [2.24, 2.45) is 5.73 Å². The van der Waals surface area contributed by atoms with Crippen molar-refractivity contribution in [3.05, 3.63) is 35.4 Å². The Kier molecular flexibility index (Phi) is 4.63. The fourth-order valence-electron chi connectivity index (χ4n) is 4.21. The first kappa shape index (κ1) is 15.0. The molecular formula is C18H28N2O. The average molecular weight is 288 g/mol. The van der Waals surface area contributed by atoms with Gasteiger partial charge in [0.1, 0.15) is 0 Å². The fraction of sp³-hybridized carbons (Fsp3) is 0.667. The number of ether oxygens (including phenoxy) is 1. The molecule has 2 N–H and O–H groups in total. The summed E-state index contributed by atoms with van der Waals surface area (Å²) in [5.74, 6) is 0. The SMILES string of the molecule is CCN(CC1CCCO1)C1(CN)CCCc2ccccc21. The molecule has 1 aromatic rings. The molecule has 0 aromatic heterocycles. The molecule has 1 fully saturated rings. The molecule has 3 nitrogen and oxygen atoms in total. The van der Waals surface area contributed by atoms with Crippen LogP contribution in [0.25, 0.3) is 0 Å². The highest BCUT2D eigenvalue weighted by atomic mass is 16.5. The van der Waals surface area contributed by atoms with Crippen molar-refractivity contribution in [3.8, 4) is 0 Å². The molecule has 2 aliphatic rings. The van der Waals surface area contributed by atoms with Crippen LogP contribution in [0.5, 0.6) is 0 Å². The van der Waals surface area contributed by atoms with Gasteiger partial charge in [0.2, 0.25) is 0 Å². The average Bonchev–Trinajstić information content (AvgIpc) is 3.05. The van der Waals surface area contributed by atoms with Crippen molar-refractivity contribution in [1.82, 2.24) is 4.90 Å². The van der Waals surface area contributed by atoms with E-state index < -0.39 is 0 Å². The van der Waals surface area contributed by atoms with Crippen LogP contribution in [0, 0.1) is 0 Å². The summed E-state index contributed by atoms with van der Waals surface area (Å²) in [6, 6.07) is 8.88. The second kappa shape index (κ2) is 6.47. The number of nitrogens with zero attached hydrogens (tertiary/aromatic N) is 1. The van der Waals surface area contributed by atoms with Gasteiger partial charge >= 0.3 is 0 Å². The van der Waals surface area contributed by atoms with Crippen molar-refractivity contribution in [2.75, 3.05) is 26.2 Å². The molecule has 1 heterocycles. The second-order valence-electron chi connectivity index (χ2n) is 6.42. The molecule has 1 aliphatic heterocycles. The van der Waals surface area contributed by atoms with Crippen LogP contribution in [0.2, 0.25) is 0 Å². The molecule has 2 atom stereocenters. The van der Waals surface area contributed by atoms with Gasteiger partial charge in [-0.25, -0.2) is 0 Å². The number of hydrogen-bond acceptors (Lipinski definition) is 3. The fourth-order valence-corrected chi connectivity index (χ4v) is 4.21. The third kappa shape index (κ3) is 2.75. The Bertz CT molecular complexity index is 470. The van der Waals surface area contributed by atoms with Crippen molar-refractivity contribution in [3.63, 3.8) is 0 Å². The van der Waals surface area contributed by atoms with Gasteiger partial charge in [-0.15, -0.1) is 0 Å². The first-order valence-electron chi connectivity index (χ1n) is 8.45. The summed E-state index contributed by atoms with van der Waals surface area (Å²) in [4.78, 5) is 2.58. The van der Waals surface area contributed by atoms with E-state index in [-0.39, 0.29) is 5.54 Å². The molecule has 0 amide bonds. The van der Waals surface area contributed by atoms with Gasteiger partial charge in [0.15, 0.2) is 0 Å². The lowest BCUT2D eigenvalue weighted by atomic mass is 9.75. The van der Waals surface area contributed by atoms with E-state index in [1.807, 2.05) is 0 Å². The third-order valence-corrected chi connectivity index (χ3v) is 5.33. The molecule has 0 radical (unpaired) electrons. The molecule has 2 unspecified atom stereocenters. The lowest BCUT2D eigenvalue weighted by Gasteiger charge is -2.47. The van der Waals surface area contributed by atoms with Crippen LogP contribution in [0.1, 0.15) is 43.7 Å². The van der Waals surface area contributed by atoms with E-state index in [9.17, 15) is 0 Å². The van der Waals surface area contributed by atoms with Crippen LogP contribution in [-0.4, -0.2) is 37.2 Å². The topological polar surface area (TPSA) is 38.5 Å². The van der Waals surface area contributed by atoms with Crippen molar-refractivity contribution in [1.29, 1.82) is 0 Å². The summed E-state index contributed by atoms with van der Waals surface area (Å²) in [7, 11) is 0. The summed E-state index contributed by atoms with van der Waals surface area (Å²) >= 11 is 0. The Morgan fingerprint density at radius 3 is 2.90 bits per heavy atom.